The first-order chi connectivity index (χ1) is 18.3. The molecular formula is C26H26F3N7OS. The van der Waals surface area contributed by atoms with Gasteiger partial charge in [-0.2, -0.15) is 18.2 Å². The minimum absolute atomic E-state index is 0.00547. The van der Waals surface area contributed by atoms with Gasteiger partial charge in [0.2, 0.25) is 5.95 Å². The van der Waals surface area contributed by atoms with Crippen molar-refractivity contribution in [2.75, 3.05) is 24.6 Å². The molecule has 0 unspecified atom stereocenters. The molecule has 198 valence electrons. The standard InChI is InChI=1S/C26H26F3N7OS/c27-26(28,29)21-18(6-3-9-31-21)38-19-15-32-23-22(33-19)34-24(36(23)12-13-37)35-10-7-25(8-11-35)14-16-4-1-2-5-17(16)20(25)30/h1-6,9,15,20,37H,7-8,10-14,30H2/t20-/m1/s1. The number of fused-ring (bicyclic) bond motifs is 2. The lowest BCUT2D eigenvalue weighted by Gasteiger charge is -2.42. The molecule has 1 atom stereocenters. The molecule has 2 aliphatic rings. The van der Waals surface area contributed by atoms with E-state index in [1.165, 1.54) is 29.5 Å². The van der Waals surface area contributed by atoms with Crippen LogP contribution in [0.3, 0.4) is 0 Å². The van der Waals surface area contributed by atoms with Crippen LogP contribution in [-0.2, 0) is 19.1 Å². The molecule has 0 radical (unpaired) electrons. The molecule has 0 bridgehead atoms. The fourth-order valence-electron chi connectivity index (χ4n) is 5.73. The highest BCUT2D eigenvalue weighted by atomic mass is 32.2. The predicted octanol–water partition coefficient (Wildman–Crippen LogP) is 4.23. The number of alkyl halides is 3. The third kappa shape index (κ3) is 4.30. The maximum absolute atomic E-state index is 13.4. The number of nitrogens with two attached hydrogens (primary N) is 1. The second kappa shape index (κ2) is 9.51. The summed E-state index contributed by atoms with van der Waals surface area (Å²) in [7, 11) is 0. The number of hydrogen-bond donors (Lipinski definition) is 2. The first-order valence-corrected chi connectivity index (χ1v) is 13.2. The zero-order valence-electron chi connectivity index (χ0n) is 20.4. The van der Waals surface area contributed by atoms with E-state index in [1.807, 2.05) is 10.6 Å². The zero-order valence-corrected chi connectivity index (χ0v) is 21.2. The van der Waals surface area contributed by atoms with Gasteiger partial charge in [0.05, 0.1) is 19.3 Å². The quantitative estimate of drug-likeness (QED) is 0.387. The van der Waals surface area contributed by atoms with E-state index in [-0.39, 0.29) is 34.5 Å². The average molecular weight is 542 g/mol. The van der Waals surface area contributed by atoms with E-state index < -0.39 is 11.9 Å². The van der Waals surface area contributed by atoms with Crippen LogP contribution in [0.1, 0.15) is 35.7 Å². The van der Waals surface area contributed by atoms with Gasteiger partial charge in [-0.3, -0.25) is 9.55 Å². The van der Waals surface area contributed by atoms with E-state index in [4.69, 9.17) is 10.7 Å². The second-order valence-corrected chi connectivity index (χ2v) is 10.9. The third-order valence-electron chi connectivity index (χ3n) is 7.63. The Bertz CT molecular complexity index is 1480. The van der Waals surface area contributed by atoms with Crippen molar-refractivity contribution in [2.45, 2.75) is 47.9 Å². The van der Waals surface area contributed by atoms with Gasteiger partial charge in [-0.1, -0.05) is 36.0 Å². The third-order valence-corrected chi connectivity index (χ3v) is 8.58. The van der Waals surface area contributed by atoms with Gasteiger partial charge >= 0.3 is 6.18 Å². The highest BCUT2D eigenvalue weighted by Gasteiger charge is 2.46. The number of nitrogens with zero attached hydrogens (tertiary/aromatic N) is 6. The SMILES string of the molecule is N[C@@H]1c2ccccc2CC12CCN(c1nc3nc(Sc4cccnc4C(F)(F)F)cnc3n1CCO)CC2. The van der Waals surface area contributed by atoms with Gasteiger partial charge in [0.15, 0.2) is 17.0 Å². The summed E-state index contributed by atoms with van der Waals surface area (Å²) < 4.78 is 42.0. The minimum Gasteiger partial charge on any atom is -0.395 e. The summed E-state index contributed by atoms with van der Waals surface area (Å²) in [6.07, 6.45) is 0.724. The van der Waals surface area contributed by atoms with E-state index in [0.717, 1.165) is 50.3 Å². The van der Waals surface area contributed by atoms with E-state index in [0.29, 0.717) is 17.2 Å². The molecule has 4 aromatic rings. The van der Waals surface area contributed by atoms with E-state index in [9.17, 15) is 18.3 Å². The van der Waals surface area contributed by atoms with E-state index >= 15 is 0 Å². The number of aliphatic hydroxyl groups excluding tert-OH is 1. The van der Waals surface area contributed by atoms with Crippen LogP contribution in [0.4, 0.5) is 19.1 Å². The monoisotopic (exact) mass is 541 g/mol. The smallest absolute Gasteiger partial charge is 0.395 e. The number of halogens is 3. The van der Waals surface area contributed by atoms with Crippen LogP contribution < -0.4 is 10.6 Å². The molecule has 1 spiro atoms. The Morgan fingerprint density at radius 2 is 1.87 bits per heavy atom. The van der Waals surface area contributed by atoms with Crippen LogP contribution in [-0.4, -0.2) is 49.3 Å². The summed E-state index contributed by atoms with van der Waals surface area (Å²) in [5, 5.41) is 10.0. The fourth-order valence-corrected chi connectivity index (χ4v) is 6.60. The minimum atomic E-state index is -4.58. The molecule has 1 fully saturated rings. The number of anilines is 1. The number of aliphatic hydroxyl groups is 1. The summed E-state index contributed by atoms with van der Waals surface area (Å²) in [6, 6.07) is 11.2. The maximum Gasteiger partial charge on any atom is 0.434 e. The van der Waals surface area contributed by atoms with Gasteiger partial charge in [-0.05, 0) is 47.9 Å². The molecule has 38 heavy (non-hydrogen) atoms. The summed E-state index contributed by atoms with van der Waals surface area (Å²) in [6.45, 7) is 1.64. The predicted molar refractivity (Wildman–Crippen MR) is 137 cm³/mol. The van der Waals surface area contributed by atoms with Crippen molar-refractivity contribution < 1.29 is 18.3 Å². The number of aromatic nitrogens is 5. The topological polar surface area (TPSA) is 106 Å². The Morgan fingerprint density at radius 3 is 2.61 bits per heavy atom. The van der Waals surface area contributed by atoms with Gasteiger partial charge in [0, 0.05) is 30.2 Å². The van der Waals surface area contributed by atoms with Gasteiger partial charge < -0.3 is 15.7 Å². The van der Waals surface area contributed by atoms with Crippen molar-refractivity contribution in [3.63, 3.8) is 0 Å². The average Bonchev–Trinajstić information content (AvgIpc) is 3.39. The Hall–Kier alpha value is -3.22. The lowest BCUT2D eigenvalue weighted by molar-refractivity contribution is -0.143. The first-order valence-electron chi connectivity index (χ1n) is 12.4. The molecule has 8 nitrogen and oxygen atoms in total. The van der Waals surface area contributed by atoms with Crippen LogP contribution >= 0.6 is 11.8 Å². The van der Waals surface area contributed by atoms with E-state index in [1.54, 1.807) is 0 Å². The Morgan fingerprint density at radius 1 is 1.08 bits per heavy atom. The Labute approximate surface area is 221 Å². The molecule has 12 heteroatoms. The number of pyridine rings is 1. The molecule has 3 aromatic heterocycles. The number of rotatable bonds is 5. The highest BCUT2D eigenvalue weighted by molar-refractivity contribution is 7.99. The zero-order chi connectivity index (χ0) is 26.5. The molecule has 4 heterocycles. The Balaban J connectivity index is 1.27. The van der Waals surface area contributed by atoms with Crippen molar-refractivity contribution in [1.82, 2.24) is 24.5 Å². The van der Waals surface area contributed by atoms with Crippen LogP contribution in [0.5, 0.6) is 0 Å². The first kappa shape index (κ1) is 25.1. The summed E-state index contributed by atoms with van der Waals surface area (Å²) >= 11 is 0.845. The highest BCUT2D eigenvalue weighted by Crippen LogP contribution is 2.51. The van der Waals surface area contributed by atoms with Crippen molar-refractivity contribution in [1.29, 1.82) is 0 Å². The molecule has 1 saturated heterocycles. The number of hydrogen-bond acceptors (Lipinski definition) is 8. The fraction of sp³-hybridized carbons (Fsp3) is 0.385. The molecular weight excluding hydrogens is 515 g/mol. The molecule has 0 amide bonds. The van der Waals surface area contributed by atoms with Crippen LogP contribution in [0.25, 0.3) is 11.3 Å². The van der Waals surface area contributed by atoms with Gasteiger partial charge in [-0.15, -0.1) is 0 Å². The molecule has 1 aliphatic carbocycles. The molecule has 3 N–H and O–H groups in total. The molecule has 1 aromatic carbocycles. The summed E-state index contributed by atoms with van der Waals surface area (Å²) in [5.74, 6) is 0.646. The Kier molecular flexibility index (Phi) is 6.28. The number of imidazole rings is 1. The normalized spacial score (nSPS) is 18.9. The van der Waals surface area contributed by atoms with Crippen LogP contribution in [0, 0.1) is 5.41 Å². The lowest BCUT2D eigenvalue weighted by atomic mass is 9.73. The van der Waals surface area contributed by atoms with E-state index in [2.05, 4.69) is 38.1 Å². The van der Waals surface area contributed by atoms with Crippen molar-refractivity contribution >= 4 is 29.0 Å². The van der Waals surface area contributed by atoms with Crippen molar-refractivity contribution in [3.8, 4) is 0 Å². The van der Waals surface area contributed by atoms with Crippen LogP contribution in [0.2, 0.25) is 0 Å². The van der Waals surface area contributed by atoms with Crippen molar-refractivity contribution in [2.24, 2.45) is 11.1 Å². The second-order valence-electron chi connectivity index (χ2n) is 9.80. The largest absolute Gasteiger partial charge is 0.434 e. The summed E-state index contributed by atoms with van der Waals surface area (Å²) in [5.41, 5.74) is 9.12. The van der Waals surface area contributed by atoms with Crippen molar-refractivity contribution in [3.05, 3.63) is 65.6 Å². The lowest BCUT2D eigenvalue weighted by Crippen LogP contribution is -2.45. The van der Waals surface area contributed by atoms with Gasteiger partial charge in [0.25, 0.3) is 0 Å². The van der Waals surface area contributed by atoms with Crippen LogP contribution in [0.15, 0.2) is 58.7 Å². The number of piperidine rings is 1. The molecule has 1 aliphatic heterocycles. The molecule has 0 saturated carbocycles. The summed E-state index contributed by atoms with van der Waals surface area (Å²) in [4.78, 5) is 19.3. The van der Waals surface area contributed by atoms with Gasteiger partial charge in [0.1, 0.15) is 5.03 Å². The van der Waals surface area contributed by atoms with Gasteiger partial charge in [-0.25, -0.2) is 9.97 Å². The maximum atomic E-state index is 13.4. The molecule has 6 rings (SSSR count). The number of benzene rings is 1.